The van der Waals surface area contributed by atoms with Gasteiger partial charge in [-0.3, -0.25) is 4.68 Å². The van der Waals surface area contributed by atoms with Crippen molar-refractivity contribution in [2.24, 2.45) is 0 Å². The van der Waals surface area contributed by atoms with Crippen LogP contribution in [0.4, 0.5) is 0 Å². The molecule has 2 heterocycles. The van der Waals surface area contributed by atoms with Crippen LogP contribution in [0.15, 0.2) is 16.7 Å². The zero-order chi connectivity index (χ0) is 12.6. The van der Waals surface area contributed by atoms with Crippen LogP contribution in [0.3, 0.4) is 0 Å². The second kappa shape index (κ2) is 4.08. The maximum atomic E-state index is 11.2. The summed E-state index contributed by atoms with van der Waals surface area (Å²) in [5, 5.41) is 13.4. The van der Waals surface area contributed by atoms with Gasteiger partial charge in [-0.2, -0.15) is 5.10 Å². The first-order valence-electron chi connectivity index (χ1n) is 5.41. The third kappa shape index (κ3) is 1.95. The second-order valence-corrected chi connectivity index (χ2v) is 3.88. The number of aromatic carboxylic acids is 1. The van der Waals surface area contributed by atoms with Crippen LogP contribution in [0.1, 0.15) is 28.8 Å². The Morgan fingerprint density at radius 3 is 2.71 bits per heavy atom. The highest BCUT2D eigenvalue weighted by Gasteiger charge is 2.20. The Morgan fingerprint density at radius 2 is 2.24 bits per heavy atom. The van der Waals surface area contributed by atoms with E-state index in [2.05, 4.69) is 5.10 Å². The van der Waals surface area contributed by atoms with Gasteiger partial charge in [0.2, 0.25) is 0 Å². The van der Waals surface area contributed by atoms with Gasteiger partial charge in [0.1, 0.15) is 22.8 Å². The summed E-state index contributed by atoms with van der Waals surface area (Å²) in [6, 6.07) is 1.81. The van der Waals surface area contributed by atoms with Crippen molar-refractivity contribution in [3.63, 3.8) is 0 Å². The lowest BCUT2D eigenvalue weighted by Crippen LogP contribution is -1.96. The Kier molecular flexibility index (Phi) is 2.75. The second-order valence-electron chi connectivity index (χ2n) is 3.88. The summed E-state index contributed by atoms with van der Waals surface area (Å²) >= 11 is 0. The highest BCUT2D eigenvalue weighted by Crippen LogP contribution is 2.28. The van der Waals surface area contributed by atoms with E-state index in [0.717, 1.165) is 11.3 Å². The number of aromatic nitrogens is 2. The van der Waals surface area contributed by atoms with Gasteiger partial charge in [-0.15, -0.1) is 0 Å². The molecular weight excluding hydrogens is 220 g/mol. The summed E-state index contributed by atoms with van der Waals surface area (Å²) in [4.78, 5) is 11.2. The summed E-state index contributed by atoms with van der Waals surface area (Å²) in [7, 11) is 0. The first kappa shape index (κ1) is 11.4. The maximum Gasteiger partial charge on any atom is 0.339 e. The Hall–Kier alpha value is -2.04. The largest absolute Gasteiger partial charge is 0.478 e. The molecule has 90 valence electrons. The number of carboxylic acid groups (broad SMARTS) is 1. The van der Waals surface area contributed by atoms with E-state index in [1.807, 2.05) is 19.9 Å². The van der Waals surface area contributed by atoms with E-state index >= 15 is 0 Å². The summed E-state index contributed by atoms with van der Waals surface area (Å²) in [6.45, 7) is 6.18. The smallest absolute Gasteiger partial charge is 0.339 e. The Bertz CT molecular complexity index is 566. The predicted octanol–water partition coefficient (Wildman–Crippen LogP) is 2.48. The van der Waals surface area contributed by atoms with Crippen molar-refractivity contribution in [2.45, 2.75) is 27.3 Å². The molecular formula is C12H14N2O3. The van der Waals surface area contributed by atoms with Crippen LogP contribution in [0, 0.1) is 13.8 Å². The van der Waals surface area contributed by atoms with Crippen LogP contribution >= 0.6 is 0 Å². The lowest BCUT2D eigenvalue weighted by molar-refractivity contribution is 0.0697. The van der Waals surface area contributed by atoms with E-state index in [-0.39, 0.29) is 5.56 Å². The summed E-state index contributed by atoms with van der Waals surface area (Å²) in [6.07, 6.45) is 1.54. The predicted molar refractivity (Wildman–Crippen MR) is 62.0 cm³/mol. The molecule has 2 aromatic rings. The third-order valence-electron chi connectivity index (χ3n) is 2.61. The number of furan rings is 1. The molecule has 2 aromatic heterocycles. The van der Waals surface area contributed by atoms with Crippen molar-refractivity contribution in [3.8, 4) is 11.3 Å². The van der Waals surface area contributed by atoms with Gasteiger partial charge in [0.25, 0.3) is 0 Å². The van der Waals surface area contributed by atoms with Crippen LogP contribution < -0.4 is 0 Å². The van der Waals surface area contributed by atoms with Crippen molar-refractivity contribution in [2.75, 3.05) is 0 Å². The SMILES string of the molecule is CCn1cc(C(=O)O)c(-c2cc(C)oc2C)n1. The van der Waals surface area contributed by atoms with Crippen LogP contribution in [0.2, 0.25) is 0 Å². The van der Waals surface area contributed by atoms with Crippen molar-refractivity contribution in [1.29, 1.82) is 0 Å². The molecule has 0 saturated heterocycles. The zero-order valence-electron chi connectivity index (χ0n) is 10.0. The minimum absolute atomic E-state index is 0.204. The van der Waals surface area contributed by atoms with Crippen molar-refractivity contribution >= 4 is 5.97 Å². The van der Waals surface area contributed by atoms with Crippen molar-refractivity contribution in [1.82, 2.24) is 9.78 Å². The van der Waals surface area contributed by atoms with Gasteiger partial charge < -0.3 is 9.52 Å². The standard InChI is InChI=1S/C12H14N2O3/c1-4-14-6-10(12(15)16)11(13-14)9-5-7(2)17-8(9)3/h5-6H,4H2,1-3H3,(H,15,16). The van der Waals surface area contributed by atoms with E-state index in [1.165, 1.54) is 0 Å². The van der Waals surface area contributed by atoms with E-state index in [9.17, 15) is 4.79 Å². The van der Waals surface area contributed by atoms with E-state index in [1.54, 1.807) is 17.8 Å². The molecule has 0 spiro atoms. The molecule has 0 atom stereocenters. The highest BCUT2D eigenvalue weighted by atomic mass is 16.4. The molecule has 1 N–H and O–H groups in total. The summed E-state index contributed by atoms with van der Waals surface area (Å²) < 4.78 is 7.02. The summed E-state index contributed by atoms with van der Waals surface area (Å²) in [5.41, 5.74) is 1.41. The number of carboxylic acids is 1. The van der Waals surface area contributed by atoms with Gasteiger partial charge in [0, 0.05) is 18.3 Å². The van der Waals surface area contributed by atoms with E-state index in [0.29, 0.717) is 18.0 Å². The highest BCUT2D eigenvalue weighted by molar-refractivity contribution is 5.94. The molecule has 5 heteroatoms. The molecule has 0 aromatic carbocycles. The van der Waals surface area contributed by atoms with E-state index < -0.39 is 5.97 Å². The number of rotatable bonds is 3. The van der Waals surface area contributed by atoms with Crippen LogP contribution in [0.25, 0.3) is 11.3 Å². The number of aryl methyl sites for hydroxylation is 3. The van der Waals surface area contributed by atoms with Gasteiger partial charge in [0.15, 0.2) is 0 Å². The molecule has 0 amide bonds. The molecule has 0 fully saturated rings. The van der Waals surface area contributed by atoms with Crippen molar-refractivity contribution in [3.05, 3.63) is 29.3 Å². The third-order valence-corrected chi connectivity index (χ3v) is 2.61. The lowest BCUT2D eigenvalue weighted by Gasteiger charge is -1.95. The average molecular weight is 234 g/mol. The van der Waals surface area contributed by atoms with Gasteiger partial charge in [-0.25, -0.2) is 4.79 Å². The fourth-order valence-corrected chi connectivity index (χ4v) is 1.80. The molecule has 0 unspecified atom stereocenters. The summed E-state index contributed by atoms with van der Waals surface area (Å²) in [5.74, 6) is 0.462. The molecule has 17 heavy (non-hydrogen) atoms. The zero-order valence-corrected chi connectivity index (χ0v) is 10.0. The quantitative estimate of drug-likeness (QED) is 0.885. The molecule has 0 saturated carbocycles. The molecule has 5 nitrogen and oxygen atoms in total. The van der Waals surface area contributed by atoms with Gasteiger partial charge in [-0.05, 0) is 26.8 Å². The minimum Gasteiger partial charge on any atom is -0.478 e. The average Bonchev–Trinajstić information content (AvgIpc) is 2.81. The molecule has 0 aliphatic rings. The van der Waals surface area contributed by atoms with Crippen LogP contribution in [-0.2, 0) is 6.54 Å². The molecule has 2 rings (SSSR count). The Labute approximate surface area is 98.7 Å². The molecule has 0 aliphatic heterocycles. The number of hydrogen-bond donors (Lipinski definition) is 1. The molecule has 0 bridgehead atoms. The number of nitrogens with zero attached hydrogens (tertiary/aromatic N) is 2. The van der Waals surface area contributed by atoms with Crippen LogP contribution in [-0.4, -0.2) is 20.9 Å². The number of carbonyl (C=O) groups is 1. The Morgan fingerprint density at radius 1 is 1.53 bits per heavy atom. The fourth-order valence-electron chi connectivity index (χ4n) is 1.80. The lowest BCUT2D eigenvalue weighted by atomic mass is 10.1. The normalized spacial score (nSPS) is 10.8. The first-order chi connectivity index (χ1) is 8.02. The number of hydrogen-bond acceptors (Lipinski definition) is 3. The van der Waals surface area contributed by atoms with E-state index in [4.69, 9.17) is 9.52 Å². The minimum atomic E-state index is -0.974. The van der Waals surface area contributed by atoms with Gasteiger partial charge >= 0.3 is 5.97 Å². The monoisotopic (exact) mass is 234 g/mol. The molecule has 0 aliphatic carbocycles. The van der Waals surface area contributed by atoms with Crippen LogP contribution in [0.5, 0.6) is 0 Å². The first-order valence-corrected chi connectivity index (χ1v) is 5.41. The van der Waals surface area contributed by atoms with Gasteiger partial charge in [0.05, 0.1) is 0 Å². The van der Waals surface area contributed by atoms with Crippen molar-refractivity contribution < 1.29 is 14.3 Å². The molecule has 0 radical (unpaired) electrons. The Balaban J connectivity index is 2.61. The fraction of sp³-hybridized carbons (Fsp3) is 0.333. The topological polar surface area (TPSA) is 68.3 Å². The maximum absolute atomic E-state index is 11.2. The van der Waals surface area contributed by atoms with Gasteiger partial charge in [-0.1, -0.05) is 0 Å².